The van der Waals surface area contributed by atoms with Gasteiger partial charge in [0.2, 0.25) is 21.8 Å². The molecule has 1 atom stereocenters. The molecule has 0 aliphatic carbocycles. The molecule has 0 radical (unpaired) electrons. The number of carbonyl (C=O) groups is 2. The first-order valence-corrected chi connectivity index (χ1v) is 9.08. The Bertz CT molecular complexity index is 893. The Morgan fingerprint density at radius 3 is 2.12 bits per heavy atom. The zero-order valence-corrected chi connectivity index (χ0v) is 15.0. The summed E-state index contributed by atoms with van der Waals surface area (Å²) in [5.74, 6) is -0.605. The third-order valence-corrected chi connectivity index (χ3v) is 5.09. The summed E-state index contributed by atoms with van der Waals surface area (Å²) >= 11 is 0. The van der Waals surface area contributed by atoms with E-state index in [1.54, 1.807) is 0 Å². The Morgan fingerprint density at radius 1 is 1.04 bits per heavy atom. The molecule has 8 nitrogen and oxygen atoms in total. The second-order valence-electron chi connectivity index (χ2n) is 5.45. The fraction of sp³-hybridized carbons (Fsp3) is 0.176. The predicted molar refractivity (Wildman–Crippen MR) is 96.4 cm³/mol. The van der Waals surface area contributed by atoms with Crippen LogP contribution in [0.1, 0.15) is 17.3 Å². The molecule has 2 aromatic carbocycles. The number of ether oxygens (including phenoxy) is 1. The molecule has 0 heterocycles. The minimum absolute atomic E-state index is 0.0174. The SMILES string of the molecule is COc1ccc(S(=O)(=O)N[C@@H](C)C(=O)Nc2ccc(C(N)=O)cc2)cc1. The van der Waals surface area contributed by atoms with Gasteiger partial charge in [-0.2, -0.15) is 4.72 Å². The molecule has 0 unspecified atom stereocenters. The van der Waals surface area contributed by atoms with Crippen LogP contribution in [0.4, 0.5) is 5.69 Å². The zero-order chi connectivity index (χ0) is 19.3. The van der Waals surface area contributed by atoms with E-state index in [0.717, 1.165) is 0 Å². The molecule has 0 aliphatic rings. The van der Waals surface area contributed by atoms with Gasteiger partial charge < -0.3 is 15.8 Å². The van der Waals surface area contributed by atoms with E-state index in [1.807, 2.05) is 0 Å². The maximum absolute atomic E-state index is 12.3. The fourth-order valence-electron chi connectivity index (χ4n) is 2.08. The number of sulfonamides is 1. The highest BCUT2D eigenvalue weighted by atomic mass is 32.2. The summed E-state index contributed by atoms with van der Waals surface area (Å²) in [6.45, 7) is 1.42. The van der Waals surface area contributed by atoms with Crippen LogP contribution in [0.15, 0.2) is 53.4 Å². The zero-order valence-electron chi connectivity index (χ0n) is 14.2. The monoisotopic (exact) mass is 377 g/mol. The molecule has 0 fully saturated rings. The molecule has 0 saturated carbocycles. The Hall–Kier alpha value is -2.91. The van der Waals surface area contributed by atoms with Crippen LogP contribution in [0.2, 0.25) is 0 Å². The summed E-state index contributed by atoms with van der Waals surface area (Å²) in [4.78, 5) is 23.2. The van der Waals surface area contributed by atoms with Crippen molar-refractivity contribution in [2.45, 2.75) is 17.9 Å². The number of primary amides is 1. The summed E-state index contributed by atoms with van der Waals surface area (Å²) in [5.41, 5.74) is 5.86. The lowest BCUT2D eigenvalue weighted by molar-refractivity contribution is -0.117. The lowest BCUT2D eigenvalue weighted by Crippen LogP contribution is -2.41. The van der Waals surface area contributed by atoms with Crippen molar-refractivity contribution in [3.63, 3.8) is 0 Å². The van der Waals surface area contributed by atoms with Gasteiger partial charge in [0.05, 0.1) is 18.0 Å². The Morgan fingerprint density at radius 2 is 1.62 bits per heavy atom. The second-order valence-corrected chi connectivity index (χ2v) is 7.16. The van der Waals surface area contributed by atoms with Gasteiger partial charge in [0.1, 0.15) is 5.75 Å². The van der Waals surface area contributed by atoms with E-state index in [-0.39, 0.29) is 4.90 Å². The van der Waals surface area contributed by atoms with E-state index < -0.39 is 27.9 Å². The van der Waals surface area contributed by atoms with E-state index in [0.29, 0.717) is 17.0 Å². The van der Waals surface area contributed by atoms with E-state index >= 15 is 0 Å². The molecule has 0 saturated heterocycles. The van der Waals surface area contributed by atoms with Crippen molar-refractivity contribution in [1.29, 1.82) is 0 Å². The first kappa shape index (κ1) is 19.4. The number of benzene rings is 2. The van der Waals surface area contributed by atoms with Crippen molar-refractivity contribution in [2.75, 3.05) is 12.4 Å². The lowest BCUT2D eigenvalue weighted by Gasteiger charge is -2.15. The molecule has 2 amide bonds. The standard InChI is InChI=1S/C17H19N3O5S/c1-11(17(22)19-13-5-3-12(4-6-13)16(18)21)20-26(23,24)15-9-7-14(25-2)8-10-15/h3-11,20H,1-2H3,(H2,18,21)(H,19,22)/t11-/m0/s1. The number of nitrogens with two attached hydrogens (primary N) is 1. The largest absolute Gasteiger partial charge is 0.497 e. The van der Waals surface area contributed by atoms with Crippen molar-refractivity contribution in [3.8, 4) is 5.75 Å². The van der Waals surface area contributed by atoms with Gasteiger partial charge in [0.15, 0.2) is 0 Å². The van der Waals surface area contributed by atoms with Crippen LogP contribution in [0.5, 0.6) is 5.75 Å². The highest BCUT2D eigenvalue weighted by molar-refractivity contribution is 7.89. The maximum atomic E-state index is 12.3. The van der Waals surface area contributed by atoms with Gasteiger partial charge >= 0.3 is 0 Å². The van der Waals surface area contributed by atoms with Gasteiger partial charge in [-0.15, -0.1) is 0 Å². The van der Waals surface area contributed by atoms with Crippen LogP contribution in [0.3, 0.4) is 0 Å². The van der Waals surface area contributed by atoms with Gasteiger partial charge in [0, 0.05) is 11.3 Å². The normalized spacial score (nSPS) is 12.2. The third-order valence-electron chi connectivity index (χ3n) is 3.53. The third kappa shape index (κ3) is 4.80. The first-order valence-electron chi connectivity index (χ1n) is 7.60. The number of hydrogen-bond donors (Lipinski definition) is 3. The molecular formula is C17H19N3O5S. The maximum Gasteiger partial charge on any atom is 0.248 e. The highest BCUT2D eigenvalue weighted by Gasteiger charge is 2.22. The molecule has 2 rings (SSSR count). The Kier molecular flexibility index (Phi) is 5.96. The van der Waals surface area contributed by atoms with Gasteiger partial charge in [-0.25, -0.2) is 8.42 Å². The van der Waals surface area contributed by atoms with E-state index in [2.05, 4.69) is 10.0 Å². The quantitative estimate of drug-likeness (QED) is 0.666. The number of rotatable bonds is 7. The number of nitrogens with one attached hydrogen (secondary N) is 2. The molecule has 26 heavy (non-hydrogen) atoms. The lowest BCUT2D eigenvalue weighted by atomic mass is 10.2. The van der Waals surface area contributed by atoms with Crippen molar-refractivity contribution in [2.24, 2.45) is 5.73 Å². The van der Waals surface area contributed by atoms with Crippen LogP contribution >= 0.6 is 0 Å². The molecule has 0 spiro atoms. The topological polar surface area (TPSA) is 128 Å². The van der Waals surface area contributed by atoms with E-state index in [9.17, 15) is 18.0 Å². The fourth-order valence-corrected chi connectivity index (χ4v) is 3.28. The summed E-state index contributed by atoms with van der Waals surface area (Å²) in [5, 5.41) is 2.56. The predicted octanol–water partition coefficient (Wildman–Crippen LogP) is 1.10. The first-order chi connectivity index (χ1) is 12.2. The molecule has 138 valence electrons. The van der Waals surface area contributed by atoms with Gasteiger partial charge in [-0.05, 0) is 55.5 Å². The number of hydrogen-bond acceptors (Lipinski definition) is 5. The van der Waals surface area contributed by atoms with E-state index in [1.165, 1.54) is 62.6 Å². The summed E-state index contributed by atoms with van der Waals surface area (Å²) in [7, 11) is -2.39. The smallest absolute Gasteiger partial charge is 0.248 e. The van der Waals surface area contributed by atoms with Gasteiger partial charge in [0.25, 0.3) is 0 Å². The molecule has 4 N–H and O–H groups in total. The molecule has 9 heteroatoms. The Labute approximate surface area is 151 Å². The summed E-state index contributed by atoms with van der Waals surface area (Å²) in [6, 6.07) is 10.7. The number of anilines is 1. The highest BCUT2D eigenvalue weighted by Crippen LogP contribution is 2.16. The van der Waals surface area contributed by atoms with Crippen molar-refractivity contribution in [3.05, 3.63) is 54.1 Å². The van der Waals surface area contributed by atoms with Crippen LogP contribution < -0.4 is 20.5 Å². The molecule has 0 aromatic heterocycles. The Balaban J connectivity index is 2.03. The van der Waals surface area contributed by atoms with Crippen molar-refractivity contribution >= 4 is 27.5 Å². The molecule has 2 aromatic rings. The number of carbonyl (C=O) groups excluding carboxylic acids is 2. The average Bonchev–Trinajstić information content (AvgIpc) is 2.61. The second kappa shape index (κ2) is 7.98. The number of amides is 2. The van der Waals surface area contributed by atoms with Crippen molar-refractivity contribution < 1.29 is 22.7 Å². The molecule has 0 aliphatic heterocycles. The van der Waals surface area contributed by atoms with Gasteiger partial charge in [-0.1, -0.05) is 0 Å². The number of methoxy groups -OCH3 is 1. The van der Waals surface area contributed by atoms with Crippen LogP contribution in [0.25, 0.3) is 0 Å². The van der Waals surface area contributed by atoms with Crippen LogP contribution in [-0.4, -0.2) is 33.4 Å². The average molecular weight is 377 g/mol. The molecule has 0 bridgehead atoms. The summed E-state index contributed by atoms with van der Waals surface area (Å²) in [6.07, 6.45) is 0. The minimum atomic E-state index is -3.87. The minimum Gasteiger partial charge on any atom is -0.497 e. The van der Waals surface area contributed by atoms with Crippen LogP contribution in [0, 0.1) is 0 Å². The summed E-state index contributed by atoms with van der Waals surface area (Å²) < 4.78 is 32.0. The molecular weight excluding hydrogens is 358 g/mol. The van der Waals surface area contributed by atoms with Crippen molar-refractivity contribution in [1.82, 2.24) is 4.72 Å². The van der Waals surface area contributed by atoms with E-state index in [4.69, 9.17) is 10.5 Å². The van der Waals surface area contributed by atoms with Gasteiger partial charge in [-0.3, -0.25) is 9.59 Å². The van der Waals surface area contributed by atoms with Crippen LogP contribution in [-0.2, 0) is 14.8 Å².